The van der Waals surface area contributed by atoms with Gasteiger partial charge in [0.25, 0.3) is 0 Å². The van der Waals surface area contributed by atoms with E-state index >= 15 is 0 Å². The molecule has 1 N–H and O–H groups in total. The summed E-state index contributed by atoms with van der Waals surface area (Å²) >= 11 is 1.33. The Morgan fingerprint density at radius 3 is 2.27 bits per heavy atom. The number of anilines is 1. The molecule has 33 heavy (non-hydrogen) atoms. The van der Waals surface area contributed by atoms with Crippen molar-refractivity contribution < 1.29 is 14.3 Å². The molecule has 8 heteroatoms. The fourth-order valence-corrected chi connectivity index (χ4v) is 4.10. The lowest BCUT2D eigenvalue weighted by Gasteiger charge is -2.10. The van der Waals surface area contributed by atoms with E-state index in [2.05, 4.69) is 15.5 Å². The Morgan fingerprint density at radius 1 is 0.939 bits per heavy atom. The van der Waals surface area contributed by atoms with Crippen LogP contribution in [0, 0.1) is 0 Å². The van der Waals surface area contributed by atoms with Crippen LogP contribution in [0.4, 0.5) is 5.69 Å². The lowest BCUT2D eigenvalue weighted by Crippen LogP contribution is -2.07. The van der Waals surface area contributed by atoms with Gasteiger partial charge in [-0.25, -0.2) is 0 Å². The maximum atomic E-state index is 12.8. The number of nitrogens with zero attached hydrogens (tertiary/aromatic N) is 3. The first-order valence-electron chi connectivity index (χ1n) is 10.2. The lowest BCUT2D eigenvalue weighted by molar-refractivity contribution is -0.114. The summed E-state index contributed by atoms with van der Waals surface area (Å²) in [6, 6.07) is 24.2. The van der Waals surface area contributed by atoms with Gasteiger partial charge in [-0.2, -0.15) is 0 Å². The topological polar surface area (TPSA) is 86.1 Å². The van der Waals surface area contributed by atoms with E-state index in [9.17, 15) is 9.59 Å². The molecule has 4 rings (SSSR count). The average Bonchev–Trinajstić information content (AvgIpc) is 3.27. The van der Waals surface area contributed by atoms with Crippen molar-refractivity contribution in [1.29, 1.82) is 0 Å². The molecule has 0 bridgehead atoms. The maximum Gasteiger partial charge on any atom is 0.221 e. The standard InChI is InChI=1S/C25H22N4O3S/c1-17(30)26-20-12-8-18(9-13-20)23(31)16-33-25-28-27-24(19-10-14-22(32-2)15-11-19)29(25)21-6-4-3-5-7-21/h3-15H,16H2,1-2H3,(H,26,30). The van der Waals surface area contributed by atoms with Crippen molar-refractivity contribution in [3.63, 3.8) is 0 Å². The number of Topliss-reactive ketones (excluding diaryl/α,β-unsaturated/α-hetero) is 1. The van der Waals surface area contributed by atoms with Crippen molar-refractivity contribution in [1.82, 2.24) is 14.8 Å². The van der Waals surface area contributed by atoms with Crippen LogP contribution in [-0.4, -0.2) is 39.3 Å². The van der Waals surface area contributed by atoms with Gasteiger partial charge in [-0.05, 0) is 60.7 Å². The van der Waals surface area contributed by atoms with E-state index in [0.29, 0.717) is 22.2 Å². The van der Waals surface area contributed by atoms with Gasteiger partial charge in [0, 0.05) is 29.4 Å². The van der Waals surface area contributed by atoms with Gasteiger partial charge in [-0.15, -0.1) is 10.2 Å². The molecule has 0 saturated carbocycles. The average molecular weight is 459 g/mol. The zero-order valence-electron chi connectivity index (χ0n) is 18.2. The molecular formula is C25H22N4O3S. The van der Waals surface area contributed by atoms with Gasteiger partial charge in [0.2, 0.25) is 5.91 Å². The highest BCUT2D eigenvalue weighted by Gasteiger charge is 2.18. The number of ether oxygens (including phenoxy) is 1. The number of thioether (sulfide) groups is 1. The van der Waals surface area contributed by atoms with Crippen molar-refractivity contribution >= 4 is 29.1 Å². The smallest absolute Gasteiger partial charge is 0.221 e. The molecule has 0 radical (unpaired) electrons. The predicted molar refractivity (Wildman–Crippen MR) is 129 cm³/mol. The van der Waals surface area contributed by atoms with E-state index in [1.807, 2.05) is 59.2 Å². The molecule has 0 atom stereocenters. The number of rotatable bonds is 8. The molecule has 1 amide bonds. The van der Waals surface area contributed by atoms with E-state index in [0.717, 1.165) is 17.0 Å². The van der Waals surface area contributed by atoms with Gasteiger partial charge in [-0.3, -0.25) is 14.2 Å². The Balaban J connectivity index is 1.58. The molecule has 0 unspecified atom stereocenters. The van der Waals surface area contributed by atoms with E-state index in [-0.39, 0.29) is 17.4 Å². The number of para-hydroxylation sites is 1. The van der Waals surface area contributed by atoms with Crippen LogP contribution in [0.3, 0.4) is 0 Å². The molecule has 0 aliphatic rings. The Kier molecular flexibility index (Phi) is 6.85. The monoisotopic (exact) mass is 458 g/mol. The van der Waals surface area contributed by atoms with E-state index in [1.165, 1.54) is 18.7 Å². The summed E-state index contributed by atoms with van der Waals surface area (Å²) in [7, 11) is 1.63. The van der Waals surface area contributed by atoms with Gasteiger partial charge >= 0.3 is 0 Å². The number of carbonyl (C=O) groups excluding carboxylic acids is 2. The Morgan fingerprint density at radius 2 is 1.64 bits per heavy atom. The number of hydrogen-bond donors (Lipinski definition) is 1. The predicted octanol–water partition coefficient (Wildman–Crippen LogP) is 4.88. The third-order valence-corrected chi connectivity index (χ3v) is 5.78. The summed E-state index contributed by atoms with van der Waals surface area (Å²) in [6.07, 6.45) is 0. The van der Waals surface area contributed by atoms with E-state index < -0.39 is 0 Å². The van der Waals surface area contributed by atoms with Crippen molar-refractivity contribution in [3.05, 3.63) is 84.4 Å². The number of nitrogens with one attached hydrogen (secondary N) is 1. The van der Waals surface area contributed by atoms with Crippen molar-refractivity contribution in [3.8, 4) is 22.8 Å². The first-order valence-corrected chi connectivity index (χ1v) is 11.2. The van der Waals surface area contributed by atoms with Gasteiger partial charge in [-0.1, -0.05) is 30.0 Å². The maximum absolute atomic E-state index is 12.8. The molecule has 4 aromatic rings. The highest BCUT2D eigenvalue weighted by Crippen LogP contribution is 2.29. The van der Waals surface area contributed by atoms with Crippen LogP contribution in [0.2, 0.25) is 0 Å². The number of ketones is 1. The zero-order valence-corrected chi connectivity index (χ0v) is 19.0. The quantitative estimate of drug-likeness (QED) is 0.299. The van der Waals surface area contributed by atoms with Crippen LogP contribution in [-0.2, 0) is 4.79 Å². The molecule has 0 spiro atoms. The second kappa shape index (κ2) is 10.1. The van der Waals surface area contributed by atoms with Gasteiger partial charge < -0.3 is 10.1 Å². The normalized spacial score (nSPS) is 10.6. The van der Waals surface area contributed by atoms with Crippen LogP contribution in [0.1, 0.15) is 17.3 Å². The summed E-state index contributed by atoms with van der Waals surface area (Å²) in [5.41, 5.74) is 3.01. The first kappa shape index (κ1) is 22.3. The molecule has 7 nitrogen and oxygen atoms in total. The van der Waals surface area contributed by atoms with Gasteiger partial charge in [0.1, 0.15) is 5.75 Å². The van der Waals surface area contributed by atoms with Crippen LogP contribution in [0.25, 0.3) is 17.1 Å². The molecule has 0 fully saturated rings. The summed E-state index contributed by atoms with van der Waals surface area (Å²) < 4.78 is 7.20. The molecule has 0 saturated heterocycles. The van der Waals surface area contributed by atoms with Crippen molar-refractivity contribution in [2.45, 2.75) is 12.1 Å². The van der Waals surface area contributed by atoms with Gasteiger partial charge in [0.15, 0.2) is 16.8 Å². The van der Waals surface area contributed by atoms with Gasteiger partial charge in [0.05, 0.1) is 12.9 Å². The minimum Gasteiger partial charge on any atom is -0.497 e. The van der Waals surface area contributed by atoms with Crippen LogP contribution in [0.15, 0.2) is 84.0 Å². The highest BCUT2D eigenvalue weighted by atomic mass is 32.2. The van der Waals surface area contributed by atoms with Crippen molar-refractivity contribution in [2.24, 2.45) is 0 Å². The zero-order chi connectivity index (χ0) is 23.2. The Labute approximate surface area is 195 Å². The van der Waals surface area contributed by atoms with Crippen LogP contribution >= 0.6 is 11.8 Å². The molecule has 1 heterocycles. The second-order valence-electron chi connectivity index (χ2n) is 7.18. The summed E-state index contributed by atoms with van der Waals surface area (Å²) in [6.45, 7) is 1.44. The number of hydrogen-bond acceptors (Lipinski definition) is 6. The number of methoxy groups -OCH3 is 1. The second-order valence-corrected chi connectivity index (χ2v) is 8.12. The lowest BCUT2D eigenvalue weighted by atomic mass is 10.1. The summed E-state index contributed by atoms with van der Waals surface area (Å²) in [4.78, 5) is 23.9. The number of carbonyl (C=O) groups is 2. The number of aromatic nitrogens is 3. The molecule has 166 valence electrons. The molecular weight excluding hydrogens is 436 g/mol. The SMILES string of the molecule is COc1ccc(-c2nnc(SCC(=O)c3ccc(NC(C)=O)cc3)n2-c2ccccc2)cc1. The first-order chi connectivity index (χ1) is 16.0. The summed E-state index contributed by atoms with van der Waals surface area (Å²) in [5.74, 6) is 1.45. The molecule has 3 aromatic carbocycles. The third-order valence-electron chi connectivity index (χ3n) is 4.86. The van der Waals surface area contributed by atoms with E-state index in [1.54, 1.807) is 31.4 Å². The van der Waals surface area contributed by atoms with Crippen LogP contribution < -0.4 is 10.1 Å². The number of benzene rings is 3. The Bertz CT molecular complexity index is 1250. The largest absolute Gasteiger partial charge is 0.497 e. The third kappa shape index (κ3) is 5.30. The molecule has 0 aliphatic carbocycles. The van der Waals surface area contributed by atoms with Crippen molar-refractivity contribution in [2.75, 3.05) is 18.2 Å². The molecule has 0 aliphatic heterocycles. The minimum atomic E-state index is -0.155. The summed E-state index contributed by atoms with van der Waals surface area (Å²) in [5, 5.41) is 12.1. The fraction of sp³-hybridized carbons (Fsp3) is 0.120. The molecule has 1 aromatic heterocycles. The fourth-order valence-electron chi connectivity index (χ4n) is 3.26. The van der Waals surface area contributed by atoms with Crippen LogP contribution in [0.5, 0.6) is 5.75 Å². The highest BCUT2D eigenvalue weighted by molar-refractivity contribution is 7.99. The Hall–Kier alpha value is -3.91. The minimum absolute atomic E-state index is 0.0389. The number of amides is 1. The van der Waals surface area contributed by atoms with E-state index in [4.69, 9.17) is 4.74 Å².